The fourth-order valence-corrected chi connectivity index (χ4v) is 18.2. The molecule has 3 aromatic carbocycles. The van der Waals surface area contributed by atoms with Crippen LogP contribution in [0, 0.1) is 41.3 Å². The lowest BCUT2D eigenvalue weighted by Crippen LogP contribution is -2.39. The maximum absolute atomic E-state index is 16.5. The zero-order valence-corrected chi connectivity index (χ0v) is 31.1. The molecule has 6 heteroatoms. The zero-order valence-electron chi connectivity index (χ0n) is 29.3. The van der Waals surface area contributed by atoms with Crippen molar-refractivity contribution in [2.45, 2.75) is 109 Å². The molecular formula is C41H57FO3P2. The number of hydrogen-bond acceptors (Lipinski definition) is 3. The summed E-state index contributed by atoms with van der Waals surface area (Å²) in [6.07, 6.45) is 5.97. The molecule has 0 amide bonds. The fourth-order valence-electron chi connectivity index (χ4n) is 9.25. The van der Waals surface area contributed by atoms with E-state index in [1.807, 2.05) is 60.7 Å². The van der Waals surface area contributed by atoms with Gasteiger partial charge in [-0.3, -0.25) is 0 Å². The van der Waals surface area contributed by atoms with Crippen LogP contribution in [0.15, 0.2) is 84.9 Å². The number of rotatable bonds is 11. The molecule has 2 fully saturated rings. The Morgan fingerprint density at radius 1 is 0.660 bits per heavy atom. The van der Waals surface area contributed by atoms with Crippen molar-refractivity contribution in [2.75, 3.05) is 0 Å². The van der Waals surface area contributed by atoms with Crippen LogP contribution in [0.3, 0.4) is 0 Å². The van der Waals surface area contributed by atoms with E-state index in [-0.39, 0.29) is 35.4 Å². The van der Waals surface area contributed by atoms with Crippen molar-refractivity contribution in [3.63, 3.8) is 0 Å². The normalized spacial score (nSPS) is 29.1. The van der Waals surface area contributed by atoms with Crippen LogP contribution in [0.25, 0.3) is 0 Å². The standard InChI is InChI=1S/C41H57FO3P2/c1-28(2)36-23-17-30(5)25-39(36)46(44,34-13-9-7-10-14-34)38(32-19-21-33(42)22-20-32)27-41(43)47(45,35-15-11-8-12-16-35)40-26-31(6)18-24-37(40)29(3)4/h7-16,19-22,28-31,36-41,43H,17-18,23-27H2,1-6H3/t30-,31-,36+,37+,38+,39-,40-,41+,46?,47?/m1/s1. The van der Waals surface area contributed by atoms with Crippen LogP contribution in [0.1, 0.15) is 97.7 Å². The first-order valence-electron chi connectivity index (χ1n) is 18.1. The first-order valence-corrected chi connectivity index (χ1v) is 21.8. The molecule has 5 rings (SSSR count). The maximum Gasteiger partial charge on any atom is 0.145 e. The van der Waals surface area contributed by atoms with Gasteiger partial charge in [0.1, 0.15) is 25.9 Å². The largest absolute Gasteiger partial charge is 0.385 e. The summed E-state index contributed by atoms with van der Waals surface area (Å²) in [5.74, 6) is 0.455. The van der Waals surface area contributed by atoms with Crippen molar-refractivity contribution in [2.24, 2.45) is 35.5 Å². The van der Waals surface area contributed by atoms with E-state index in [4.69, 9.17) is 0 Å². The lowest BCUT2D eigenvalue weighted by molar-refractivity contribution is 0.206. The Morgan fingerprint density at radius 3 is 1.53 bits per heavy atom. The van der Waals surface area contributed by atoms with Gasteiger partial charge < -0.3 is 14.2 Å². The van der Waals surface area contributed by atoms with E-state index in [0.717, 1.165) is 54.7 Å². The van der Waals surface area contributed by atoms with Gasteiger partial charge in [0.2, 0.25) is 0 Å². The Labute approximate surface area is 283 Å². The first-order chi connectivity index (χ1) is 22.4. The lowest BCUT2D eigenvalue weighted by Gasteiger charge is -2.47. The number of halogens is 1. The highest BCUT2D eigenvalue weighted by atomic mass is 31.2. The van der Waals surface area contributed by atoms with E-state index >= 15 is 9.13 Å². The third-order valence-electron chi connectivity index (χ3n) is 11.9. The first kappa shape index (κ1) is 36.3. The highest BCUT2D eigenvalue weighted by molar-refractivity contribution is 7.73. The third kappa shape index (κ3) is 7.46. The summed E-state index contributed by atoms with van der Waals surface area (Å²) >= 11 is 0. The van der Waals surface area contributed by atoms with Gasteiger partial charge in [0.25, 0.3) is 0 Å². The predicted molar refractivity (Wildman–Crippen MR) is 197 cm³/mol. The average molecular weight is 679 g/mol. The van der Waals surface area contributed by atoms with Crippen LogP contribution in [-0.2, 0) is 9.13 Å². The summed E-state index contributed by atoms with van der Waals surface area (Å²) in [6.45, 7) is 13.4. The van der Waals surface area contributed by atoms with Crippen LogP contribution in [0.5, 0.6) is 0 Å². The molecule has 0 spiro atoms. The minimum atomic E-state index is -3.46. The van der Waals surface area contributed by atoms with Gasteiger partial charge in [-0.05, 0) is 85.3 Å². The highest BCUT2D eigenvalue weighted by Crippen LogP contribution is 2.71. The molecule has 10 atom stereocenters. The molecular weight excluding hydrogens is 621 g/mol. The molecule has 0 bridgehead atoms. The van der Waals surface area contributed by atoms with Crippen molar-refractivity contribution in [1.29, 1.82) is 0 Å². The van der Waals surface area contributed by atoms with E-state index in [1.54, 1.807) is 12.1 Å². The number of aliphatic hydroxyl groups is 1. The maximum atomic E-state index is 16.5. The minimum Gasteiger partial charge on any atom is -0.385 e. The van der Waals surface area contributed by atoms with Crippen LogP contribution < -0.4 is 10.6 Å². The summed E-state index contributed by atoms with van der Waals surface area (Å²) in [5.41, 5.74) is -0.0973. The van der Waals surface area contributed by atoms with Gasteiger partial charge in [-0.15, -0.1) is 0 Å². The smallest absolute Gasteiger partial charge is 0.145 e. The lowest BCUT2D eigenvalue weighted by atomic mass is 9.77. The van der Waals surface area contributed by atoms with Crippen molar-refractivity contribution < 1.29 is 18.6 Å². The van der Waals surface area contributed by atoms with Crippen LogP contribution in [-0.4, -0.2) is 22.3 Å². The summed E-state index contributed by atoms with van der Waals surface area (Å²) < 4.78 is 47.0. The van der Waals surface area contributed by atoms with Crippen LogP contribution >= 0.6 is 14.3 Å². The van der Waals surface area contributed by atoms with Crippen molar-refractivity contribution in [3.8, 4) is 0 Å². The van der Waals surface area contributed by atoms with Gasteiger partial charge in [-0.2, -0.15) is 0 Å². The van der Waals surface area contributed by atoms with Gasteiger partial charge >= 0.3 is 0 Å². The zero-order chi connectivity index (χ0) is 33.9. The molecule has 3 aromatic rings. The van der Waals surface area contributed by atoms with Gasteiger partial charge in [-0.25, -0.2) is 4.39 Å². The summed E-state index contributed by atoms with van der Waals surface area (Å²) in [5, 5.41) is 14.3. The molecule has 256 valence electrons. The number of aliphatic hydroxyl groups excluding tert-OH is 1. The van der Waals surface area contributed by atoms with Gasteiger partial charge in [-0.1, -0.05) is 127 Å². The second-order valence-electron chi connectivity index (χ2n) is 15.7. The topological polar surface area (TPSA) is 54.4 Å². The van der Waals surface area contributed by atoms with E-state index in [1.165, 1.54) is 12.1 Å². The SMILES string of the molecule is CC(C)[C@@H]1CC[C@@H](C)C[C@H]1P(=O)(c1ccccc1)[C@H](O)C[C@@H](c1ccc(F)cc1)P(=O)(c1ccccc1)[C@@H]1C[C@H](C)CC[C@H]1C(C)C. The van der Waals surface area contributed by atoms with E-state index in [0.29, 0.717) is 23.7 Å². The average Bonchev–Trinajstić information content (AvgIpc) is 3.07. The minimum absolute atomic E-state index is 0.0925. The molecule has 2 aliphatic carbocycles. The quantitative estimate of drug-likeness (QED) is 0.205. The predicted octanol–water partition coefficient (Wildman–Crippen LogP) is 10.9. The molecule has 0 aliphatic heterocycles. The Bertz CT molecular complexity index is 1520. The number of hydrogen-bond donors (Lipinski definition) is 1. The Morgan fingerprint density at radius 2 is 1.09 bits per heavy atom. The molecule has 0 heterocycles. The molecule has 2 aliphatic rings. The molecule has 0 saturated heterocycles. The molecule has 0 radical (unpaired) electrons. The van der Waals surface area contributed by atoms with Crippen LogP contribution in [0.4, 0.5) is 4.39 Å². The summed E-state index contributed by atoms with van der Waals surface area (Å²) in [7, 11) is -6.80. The van der Waals surface area contributed by atoms with E-state index in [9.17, 15) is 9.50 Å². The molecule has 2 saturated carbocycles. The van der Waals surface area contributed by atoms with E-state index in [2.05, 4.69) is 41.5 Å². The van der Waals surface area contributed by atoms with Crippen LogP contribution in [0.2, 0.25) is 0 Å². The molecule has 47 heavy (non-hydrogen) atoms. The van der Waals surface area contributed by atoms with Crippen molar-refractivity contribution in [1.82, 2.24) is 0 Å². The summed E-state index contributed by atoms with van der Waals surface area (Å²) in [6, 6.07) is 25.9. The molecule has 3 nitrogen and oxygen atoms in total. The Kier molecular flexibility index (Phi) is 11.8. The van der Waals surface area contributed by atoms with Gasteiger partial charge in [0, 0.05) is 27.6 Å². The van der Waals surface area contributed by atoms with Crippen molar-refractivity contribution >= 4 is 24.9 Å². The Hall–Kier alpha value is -1.99. The fraction of sp³-hybridized carbons (Fsp3) is 0.561. The third-order valence-corrected chi connectivity index (χ3v) is 19.8. The van der Waals surface area contributed by atoms with Crippen molar-refractivity contribution in [3.05, 3.63) is 96.3 Å². The van der Waals surface area contributed by atoms with Gasteiger partial charge in [0.15, 0.2) is 0 Å². The monoisotopic (exact) mass is 678 g/mol. The molecule has 2 unspecified atom stereocenters. The van der Waals surface area contributed by atoms with Gasteiger partial charge in [0.05, 0.1) is 0 Å². The molecule has 1 N–H and O–H groups in total. The second-order valence-corrected chi connectivity index (χ2v) is 22.1. The number of benzene rings is 3. The highest BCUT2D eigenvalue weighted by Gasteiger charge is 2.53. The van der Waals surface area contributed by atoms with E-state index < -0.39 is 25.8 Å². The molecule has 0 aromatic heterocycles. The second kappa shape index (κ2) is 15.3. The Balaban J connectivity index is 1.71. The summed E-state index contributed by atoms with van der Waals surface area (Å²) in [4.78, 5) is 0.